The molecule has 2 fully saturated rings. The van der Waals surface area contributed by atoms with Crippen LogP contribution in [0.3, 0.4) is 0 Å². The van der Waals surface area contributed by atoms with Crippen LogP contribution in [0, 0.1) is 11.3 Å². The predicted molar refractivity (Wildman–Crippen MR) is 133 cm³/mol. The molecule has 0 spiro atoms. The Labute approximate surface area is 209 Å². The number of amides is 1. The van der Waals surface area contributed by atoms with Crippen LogP contribution in [0.4, 0.5) is 10.6 Å². The van der Waals surface area contributed by atoms with Gasteiger partial charge in [0.2, 0.25) is 0 Å². The van der Waals surface area contributed by atoms with Crippen molar-refractivity contribution in [3.05, 3.63) is 42.0 Å². The van der Waals surface area contributed by atoms with E-state index < -0.39 is 24.6 Å². The summed E-state index contributed by atoms with van der Waals surface area (Å²) in [5.41, 5.74) is 1.47. The minimum absolute atomic E-state index is 0.0699. The van der Waals surface area contributed by atoms with Gasteiger partial charge in [-0.3, -0.25) is 4.57 Å². The number of hydrogen-bond donors (Lipinski definition) is 0. The van der Waals surface area contributed by atoms with Crippen LogP contribution in [0.2, 0.25) is 0 Å². The van der Waals surface area contributed by atoms with Crippen LogP contribution in [0.5, 0.6) is 0 Å². The van der Waals surface area contributed by atoms with Gasteiger partial charge < -0.3 is 14.5 Å². The molecule has 2 aliphatic rings. The maximum atomic E-state index is 13.0. The van der Waals surface area contributed by atoms with E-state index in [0.29, 0.717) is 28.8 Å². The molecule has 182 valence electrons. The van der Waals surface area contributed by atoms with Crippen LogP contribution in [-0.4, -0.2) is 61.3 Å². The van der Waals surface area contributed by atoms with Gasteiger partial charge in [-0.05, 0) is 71.0 Å². The van der Waals surface area contributed by atoms with Gasteiger partial charge in [-0.15, -0.1) is 0 Å². The predicted octanol–water partition coefficient (Wildman–Crippen LogP) is 4.40. The van der Waals surface area contributed by atoms with E-state index in [1.54, 1.807) is 39.1 Å². The second-order valence-electron chi connectivity index (χ2n) is 10.3. The van der Waals surface area contributed by atoms with Crippen molar-refractivity contribution in [2.45, 2.75) is 71.0 Å². The zero-order chi connectivity index (χ0) is 27.4. The average Bonchev–Trinajstić information content (AvgIpc) is 3.61. The molecule has 1 saturated heterocycles. The number of ether oxygens (including phenoxy) is 1. The molecule has 5 rings (SSSR count). The molecule has 0 bridgehead atoms. The van der Waals surface area contributed by atoms with Crippen molar-refractivity contribution < 1.29 is 13.6 Å². The van der Waals surface area contributed by atoms with E-state index in [-0.39, 0.29) is 19.1 Å². The molecule has 1 aliphatic heterocycles. The average molecular weight is 477 g/mol. The van der Waals surface area contributed by atoms with Crippen molar-refractivity contribution in [2.75, 3.05) is 18.0 Å². The van der Waals surface area contributed by atoms with Crippen molar-refractivity contribution in [3.8, 4) is 11.9 Å². The number of carbonyl (C=O) groups is 1. The summed E-state index contributed by atoms with van der Waals surface area (Å²) in [6.07, 6.45) is 6.52. The van der Waals surface area contributed by atoms with E-state index in [4.69, 9.17) is 8.85 Å². The lowest BCUT2D eigenvalue weighted by Crippen LogP contribution is -2.59. The lowest BCUT2D eigenvalue weighted by Gasteiger charge is -2.44. The molecule has 0 N–H and O–H groups in total. The quantitative estimate of drug-likeness (QED) is 0.552. The zero-order valence-corrected chi connectivity index (χ0v) is 20.4. The van der Waals surface area contributed by atoms with Crippen molar-refractivity contribution in [1.29, 1.82) is 5.26 Å². The van der Waals surface area contributed by atoms with Gasteiger partial charge in [-0.2, -0.15) is 5.26 Å². The van der Waals surface area contributed by atoms with Gasteiger partial charge in [-0.1, -0.05) is 0 Å². The van der Waals surface area contributed by atoms with E-state index in [9.17, 15) is 10.1 Å². The number of rotatable bonds is 3. The summed E-state index contributed by atoms with van der Waals surface area (Å²) >= 11 is 0. The molecule has 1 aliphatic carbocycles. The number of nitriles is 1. The first-order valence-electron chi connectivity index (χ1n) is 13.4. The van der Waals surface area contributed by atoms with Crippen molar-refractivity contribution in [2.24, 2.45) is 0 Å². The Morgan fingerprint density at radius 1 is 1.23 bits per heavy atom. The van der Waals surface area contributed by atoms with Crippen molar-refractivity contribution in [1.82, 2.24) is 24.4 Å². The molecule has 1 amide bonds. The van der Waals surface area contributed by atoms with Crippen LogP contribution in [0.15, 0.2) is 30.9 Å². The highest BCUT2D eigenvalue weighted by Crippen LogP contribution is 2.46. The fraction of sp³-hybridized carbons (Fsp3) is 0.500. The Morgan fingerprint density at radius 3 is 2.71 bits per heavy atom. The number of hydrogen-bond acceptors (Lipinski definition) is 7. The summed E-state index contributed by atoms with van der Waals surface area (Å²) < 4.78 is 32.1. The maximum Gasteiger partial charge on any atom is 0.410 e. The van der Waals surface area contributed by atoms with E-state index in [1.165, 1.54) is 11.2 Å². The van der Waals surface area contributed by atoms with Gasteiger partial charge in [0.05, 0.1) is 17.0 Å². The van der Waals surface area contributed by atoms with Crippen LogP contribution in [-0.2, 0) is 4.74 Å². The Hall–Kier alpha value is -3.67. The van der Waals surface area contributed by atoms with Gasteiger partial charge in [0, 0.05) is 41.7 Å². The normalized spacial score (nSPS) is 22.3. The number of carbonyl (C=O) groups excluding carboxylic acids is 1. The maximum absolute atomic E-state index is 13.0. The summed E-state index contributed by atoms with van der Waals surface area (Å²) in [5.74, 6) is 1.56. The smallest absolute Gasteiger partial charge is 0.410 e. The highest BCUT2D eigenvalue weighted by molar-refractivity contribution is 5.93. The Balaban J connectivity index is 1.59. The van der Waals surface area contributed by atoms with E-state index in [0.717, 1.165) is 23.8 Å². The number of anilines is 1. The molecule has 2 atom stereocenters. The molecule has 35 heavy (non-hydrogen) atoms. The topological polar surface area (TPSA) is 100 Å². The Kier molecular flexibility index (Phi) is 4.78. The lowest BCUT2D eigenvalue weighted by atomic mass is 10.1. The van der Waals surface area contributed by atoms with Gasteiger partial charge in [0.25, 0.3) is 0 Å². The van der Waals surface area contributed by atoms with E-state index in [1.807, 2.05) is 22.6 Å². The van der Waals surface area contributed by atoms with Crippen LogP contribution < -0.4 is 4.90 Å². The van der Waals surface area contributed by atoms with Gasteiger partial charge in [0.1, 0.15) is 23.6 Å². The SMILES string of the molecule is [2H]C([2H])([2H])[C@@H]1CN(c2ncnc3c2c(C2CC2)cn3-c2cc(C#N)ccn2)[C@@H](C)CN1C(=O)OC(C)(C)C. The van der Waals surface area contributed by atoms with Gasteiger partial charge in [-0.25, -0.2) is 19.7 Å². The highest BCUT2D eigenvalue weighted by atomic mass is 16.6. The Morgan fingerprint density at radius 2 is 2.03 bits per heavy atom. The third-order valence-corrected chi connectivity index (χ3v) is 6.37. The molecule has 0 unspecified atom stereocenters. The summed E-state index contributed by atoms with van der Waals surface area (Å²) in [5, 5.41) is 10.2. The van der Waals surface area contributed by atoms with Crippen LogP contribution in [0.1, 0.15) is 68.5 Å². The standard InChI is InChI=1S/C26H31N7O2/c1-16-13-32(25(34)35-26(3,4)5)17(2)12-31(16)23-22-20(19-6-7-19)14-33(24(22)30-15-29-23)21-10-18(11-27)8-9-28-21/h8-10,14-17,19H,6-7,12-13H2,1-5H3/t16-,17+/m0/s1/i2D3. The molecule has 0 aromatic carbocycles. The number of aromatic nitrogens is 4. The molecule has 9 nitrogen and oxygen atoms in total. The van der Waals surface area contributed by atoms with Crippen molar-refractivity contribution >= 4 is 22.9 Å². The summed E-state index contributed by atoms with van der Waals surface area (Å²) in [6, 6.07) is 4.22. The summed E-state index contributed by atoms with van der Waals surface area (Å²) in [7, 11) is 0. The minimum Gasteiger partial charge on any atom is -0.444 e. The summed E-state index contributed by atoms with van der Waals surface area (Å²) in [6.45, 7) is 5.06. The molecule has 4 heterocycles. The fourth-order valence-corrected chi connectivity index (χ4v) is 4.58. The molecule has 3 aromatic heterocycles. The fourth-order valence-electron chi connectivity index (χ4n) is 4.58. The number of fused-ring (bicyclic) bond motifs is 1. The number of pyridine rings is 1. The number of piperazine rings is 1. The number of nitrogens with zero attached hydrogens (tertiary/aromatic N) is 7. The molecule has 9 heteroatoms. The second-order valence-corrected chi connectivity index (χ2v) is 10.3. The first kappa shape index (κ1) is 19.6. The van der Waals surface area contributed by atoms with Crippen molar-refractivity contribution in [3.63, 3.8) is 0 Å². The lowest BCUT2D eigenvalue weighted by molar-refractivity contribution is 0.0130. The minimum atomic E-state index is -2.42. The highest BCUT2D eigenvalue weighted by Gasteiger charge is 2.37. The molecular weight excluding hydrogens is 442 g/mol. The largest absolute Gasteiger partial charge is 0.444 e. The second kappa shape index (κ2) is 8.52. The first-order chi connectivity index (χ1) is 17.9. The third-order valence-electron chi connectivity index (χ3n) is 6.37. The first-order valence-corrected chi connectivity index (χ1v) is 11.9. The molecule has 3 aromatic rings. The van der Waals surface area contributed by atoms with E-state index >= 15 is 0 Å². The molecule has 0 radical (unpaired) electrons. The van der Waals surface area contributed by atoms with Gasteiger partial charge >= 0.3 is 6.09 Å². The van der Waals surface area contributed by atoms with E-state index in [2.05, 4.69) is 21.0 Å². The summed E-state index contributed by atoms with van der Waals surface area (Å²) in [4.78, 5) is 30.0. The molecular formula is C26H31N7O2. The third kappa shape index (κ3) is 4.41. The zero-order valence-electron chi connectivity index (χ0n) is 23.4. The molecule has 1 saturated carbocycles. The van der Waals surface area contributed by atoms with Crippen LogP contribution >= 0.6 is 0 Å². The van der Waals surface area contributed by atoms with Gasteiger partial charge in [0.15, 0.2) is 5.65 Å². The monoisotopic (exact) mass is 476 g/mol. The van der Waals surface area contributed by atoms with Crippen LogP contribution in [0.25, 0.3) is 16.9 Å². The Bertz CT molecular complexity index is 1420.